The van der Waals surface area contributed by atoms with Gasteiger partial charge in [0.2, 0.25) is 0 Å². The molecule has 0 radical (unpaired) electrons. The van der Waals surface area contributed by atoms with E-state index in [-0.39, 0.29) is 28.6 Å². The van der Waals surface area contributed by atoms with Gasteiger partial charge >= 0.3 is 0 Å². The first-order valence-corrected chi connectivity index (χ1v) is 12.4. The SMILES string of the molecule is CC(C)CCC1(O)O[C@H]2CC3C4CCC5=CC(=O)C=C[C@]5(C)C4CC[C@]3(C)[C@H]2C1C. The molecule has 5 aliphatic rings. The first kappa shape index (κ1) is 20.9. The van der Waals surface area contributed by atoms with E-state index in [1.807, 2.05) is 12.2 Å². The van der Waals surface area contributed by atoms with Gasteiger partial charge in [-0.1, -0.05) is 46.3 Å². The minimum absolute atomic E-state index is 0.0559. The van der Waals surface area contributed by atoms with Crippen molar-refractivity contribution in [1.82, 2.24) is 0 Å². The first-order chi connectivity index (χ1) is 14.1. The number of rotatable bonds is 3. The fraction of sp³-hybridized carbons (Fsp3) is 0.815. The van der Waals surface area contributed by atoms with Gasteiger partial charge in [0.05, 0.1) is 6.10 Å². The summed E-state index contributed by atoms with van der Waals surface area (Å²) in [7, 11) is 0. The Bertz CT molecular complexity index is 796. The van der Waals surface area contributed by atoms with E-state index >= 15 is 0 Å². The van der Waals surface area contributed by atoms with Crippen LogP contribution in [0.15, 0.2) is 23.8 Å². The second-order valence-electron chi connectivity index (χ2n) is 12.1. The topological polar surface area (TPSA) is 46.5 Å². The summed E-state index contributed by atoms with van der Waals surface area (Å²) in [6, 6.07) is 0. The molecule has 5 unspecified atom stereocenters. The molecule has 1 aliphatic heterocycles. The molecule has 3 nitrogen and oxygen atoms in total. The van der Waals surface area contributed by atoms with Crippen molar-refractivity contribution in [1.29, 1.82) is 0 Å². The van der Waals surface area contributed by atoms with Crippen LogP contribution in [0, 0.1) is 46.3 Å². The van der Waals surface area contributed by atoms with Crippen molar-refractivity contribution in [3.63, 3.8) is 0 Å². The number of ether oxygens (including phenoxy) is 1. The monoisotopic (exact) mass is 412 g/mol. The zero-order valence-electron chi connectivity index (χ0n) is 19.5. The number of fused-ring (bicyclic) bond motifs is 7. The Labute approximate surface area is 182 Å². The summed E-state index contributed by atoms with van der Waals surface area (Å²) in [5, 5.41) is 11.4. The van der Waals surface area contributed by atoms with E-state index < -0.39 is 5.79 Å². The summed E-state index contributed by atoms with van der Waals surface area (Å²) in [4.78, 5) is 12.0. The minimum Gasteiger partial charge on any atom is -0.365 e. The smallest absolute Gasteiger partial charge is 0.178 e. The van der Waals surface area contributed by atoms with E-state index in [2.05, 4.69) is 40.7 Å². The van der Waals surface area contributed by atoms with Gasteiger partial charge < -0.3 is 9.84 Å². The average molecular weight is 413 g/mol. The van der Waals surface area contributed by atoms with Crippen LogP contribution < -0.4 is 0 Å². The van der Waals surface area contributed by atoms with Crippen LogP contribution >= 0.6 is 0 Å². The molecule has 0 spiro atoms. The Balaban J connectivity index is 1.40. The average Bonchev–Trinajstić information content (AvgIpc) is 3.11. The van der Waals surface area contributed by atoms with Crippen molar-refractivity contribution in [2.24, 2.45) is 46.3 Å². The zero-order chi connectivity index (χ0) is 21.5. The van der Waals surface area contributed by atoms with Crippen LogP contribution in [0.2, 0.25) is 0 Å². The van der Waals surface area contributed by atoms with Crippen molar-refractivity contribution in [3.05, 3.63) is 23.8 Å². The summed E-state index contributed by atoms with van der Waals surface area (Å²) < 4.78 is 6.50. The number of ketones is 1. The number of carbonyl (C=O) groups is 1. The van der Waals surface area contributed by atoms with Crippen LogP contribution in [0.4, 0.5) is 0 Å². The van der Waals surface area contributed by atoms with E-state index in [0.29, 0.717) is 29.6 Å². The van der Waals surface area contributed by atoms with Gasteiger partial charge in [-0.25, -0.2) is 0 Å². The number of allylic oxidation sites excluding steroid dienone is 4. The van der Waals surface area contributed by atoms with E-state index in [4.69, 9.17) is 4.74 Å². The zero-order valence-corrected chi connectivity index (χ0v) is 19.5. The Hall–Kier alpha value is -0.930. The summed E-state index contributed by atoms with van der Waals surface area (Å²) in [6.07, 6.45) is 13.8. The molecule has 1 N–H and O–H groups in total. The molecule has 166 valence electrons. The van der Waals surface area contributed by atoms with E-state index in [1.165, 1.54) is 24.8 Å². The molecule has 3 saturated carbocycles. The van der Waals surface area contributed by atoms with Crippen LogP contribution in [0.1, 0.15) is 79.6 Å². The van der Waals surface area contributed by atoms with Crippen LogP contribution in [-0.4, -0.2) is 22.8 Å². The van der Waals surface area contributed by atoms with Crippen LogP contribution in [-0.2, 0) is 9.53 Å². The highest BCUT2D eigenvalue weighted by Crippen LogP contribution is 2.69. The molecule has 5 rings (SSSR count). The highest BCUT2D eigenvalue weighted by atomic mass is 16.6. The van der Waals surface area contributed by atoms with E-state index in [1.54, 1.807) is 0 Å². The van der Waals surface area contributed by atoms with Gasteiger partial charge in [0, 0.05) is 17.8 Å². The lowest BCUT2D eigenvalue weighted by Crippen LogP contribution is -2.51. The molecule has 0 bridgehead atoms. The number of hydrogen-bond acceptors (Lipinski definition) is 3. The van der Waals surface area contributed by atoms with Crippen molar-refractivity contribution in [2.45, 2.75) is 91.5 Å². The third-order valence-electron chi connectivity index (χ3n) is 10.3. The van der Waals surface area contributed by atoms with E-state index in [0.717, 1.165) is 25.7 Å². The number of aliphatic hydroxyl groups is 1. The maximum atomic E-state index is 12.0. The number of carbonyl (C=O) groups excluding carboxylic acids is 1. The predicted octanol–water partition coefficient (Wildman–Crippen LogP) is 5.68. The number of hydrogen-bond donors (Lipinski definition) is 1. The lowest BCUT2D eigenvalue weighted by molar-refractivity contribution is -0.220. The molecule has 0 aromatic rings. The predicted molar refractivity (Wildman–Crippen MR) is 119 cm³/mol. The molecule has 0 aromatic heterocycles. The highest BCUT2D eigenvalue weighted by molar-refractivity contribution is 6.01. The van der Waals surface area contributed by atoms with Crippen LogP contribution in [0.5, 0.6) is 0 Å². The quantitative estimate of drug-likeness (QED) is 0.649. The molecule has 4 aliphatic carbocycles. The summed E-state index contributed by atoms with van der Waals surface area (Å²) in [6.45, 7) is 11.6. The van der Waals surface area contributed by atoms with Gasteiger partial charge in [-0.05, 0) is 85.7 Å². The molecular weight excluding hydrogens is 372 g/mol. The van der Waals surface area contributed by atoms with Crippen molar-refractivity contribution in [3.8, 4) is 0 Å². The Morgan fingerprint density at radius 1 is 1.23 bits per heavy atom. The molecule has 1 heterocycles. The second kappa shape index (κ2) is 6.78. The van der Waals surface area contributed by atoms with Gasteiger partial charge in [-0.15, -0.1) is 0 Å². The minimum atomic E-state index is -0.939. The van der Waals surface area contributed by atoms with Gasteiger partial charge in [0.25, 0.3) is 0 Å². The third kappa shape index (κ3) is 2.80. The van der Waals surface area contributed by atoms with Crippen molar-refractivity contribution in [2.75, 3.05) is 0 Å². The lowest BCUT2D eigenvalue weighted by Gasteiger charge is -2.57. The van der Waals surface area contributed by atoms with Crippen LogP contribution in [0.25, 0.3) is 0 Å². The summed E-state index contributed by atoms with van der Waals surface area (Å²) in [5.74, 6) is 2.49. The van der Waals surface area contributed by atoms with Gasteiger partial charge in [-0.3, -0.25) is 4.79 Å². The fourth-order valence-corrected chi connectivity index (χ4v) is 8.67. The standard InChI is InChI=1S/C27H40O3/c1-16(2)8-13-27(29)17(3)24-23(30-27)15-22-20-7-6-18-14-19(28)9-11-25(18,4)21(20)10-12-26(22,24)5/h9,11,14,16-17,20-24,29H,6-8,10,12-13,15H2,1-5H3/t17?,20?,21?,22?,23-,24-,25-,26-,27?/m0/s1. The fourth-order valence-electron chi connectivity index (χ4n) is 8.67. The third-order valence-corrected chi connectivity index (χ3v) is 10.3. The molecule has 3 heteroatoms. The molecule has 1 saturated heterocycles. The normalized spacial score (nSPS) is 52.0. The Morgan fingerprint density at radius 2 is 2.00 bits per heavy atom. The molecular formula is C27H40O3. The Kier molecular flexibility index (Phi) is 4.74. The Morgan fingerprint density at radius 3 is 2.73 bits per heavy atom. The maximum Gasteiger partial charge on any atom is 0.178 e. The largest absolute Gasteiger partial charge is 0.365 e. The van der Waals surface area contributed by atoms with E-state index in [9.17, 15) is 9.90 Å². The molecule has 4 fully saturated rings. The summed E-state index contributed by atoms with van der Waals surface area (Å²) >= 11 is 0. The molecule has 0 aromatic carbocycles. The van der Waals surface area contributed by atoms with Gasteiger partial charge in [-0.2, -0.15) is 0 Å². The second-order valence-corrected chi connectivity index (χ2v) is 12.1. The molecule has 30 heavy (non-hydrogen) atoms. The van der Waals surface area contributed by atoms with Crippen molar-refractivity contribution < 1.29 is 14.6 Å². The van der Waals surface area contributed by atoms with Gasteiger partial charge in [0.15, 0.2) is 11.6 Å². The van der Waals surface area contributed by atoms with Crippen LogP contribution in [0.3, 0.4) is 0 Å². The summed E-state index contributed by atoms with van der Waals surface area (Å²) in [5.41, 5.74) is 1.69. The molecule has 0 amide bonds. The van der Waals surface area contributed by atoms with Crippen molar-refractivity contribution >= 4 is 5.78 Å². The molecule has 9 atom stereocenters. The highest BCUT2D eigenvalue weighted by Gasteiger charge is 2.67. The first-order valence-electron chi connectivity index (χ1n) is 12.4. The van der Waals surface area contributed by atoms with Gasteiger partial charge in [0.1, 0.15) is 0 Å². The maximum absolute atomic E-state index is 12.0. The lowest BCUT2D eigenvalue weighted by atomic mass is 9.47.